The van der Waals surface area contributed by atoms with Gasteiger partial charge in [0.15, 0.2) is 0 Å². The van der Waals surface area contributed by atoms with Crippen molar-refractivity contribution in [2.24, 2.45) is 5.10 Å². The number of aromatic nitrogens is 1. The van der Waals surface area contributed by atoms with E-state index in [9.17, 15) is 21.6 Å². The van der Waals surface area contributed by atoms with Gasteiger partial charge < -0.3 is 0 Å². The number of hydrogen-bond acceptors (Lipinski definition) is 4. The summed E-state index contributed by atoms with van der Waals surface area (Å²) in [7, 11) is -4.51. The van der Waals surface area contributed by atoms with E-state index in [1.807, 2.05) is 0 Å². The summed E-state index contributed by atoms with van der Waals surface area (Å²) in [6.07, 6.45) is -3.78. The molecule has 0 aliphatic carbocycles. The van der Waals surface area contributed by atoms with Gasteiger partial charge in [-0.15, -0.1) is 0 Å². The molecule has 1 aromatic carbocycles. The standard InChI is InChI=1S/C13H8Cl2F3N3O2S/c14-11-5-8(6-12(15)20-11)7-19-21-24(22,23)10-4-2-1-3-9(10)13(16,17)18/h1-7,21H/b19-7-. The summed E-state index contributed by atoms with van der Waals surface area (Å²) >= 11 is 11.3. The highest BCUT2D eigenvalue weighted by atomic mass is 35.5. The molecule has 0 radical (unpaired) electrons. The normalized spacial score (nSPS) is 12.5. The molecule has 1 aromatic heterocycles. The van der Waals surface area contributed by atoms with Gasteiger partial charge in [-0.2, -0.15) is 26.7 Å². The number of hydrogen-bond donors (Lipinski definition) is 1. The minimum atomic E-state index is -4.82. The Kier molecular flexibility index (Phi) is 5.36. The third-order valence-corrected chi connectivity index (χ3v) is 4.32. The zero-order valence-corrected chi connectivity index (χ0v) is 13.9. The molecule has 0 unspecified atom stereocenters. The Labute approximate surface area is 145 Å². The predicted molar refractivity (Wildman–Crippen MR) is 83.6 cm³/mol. The van der Waals surface area contributed by atoms with Crippen LogP contribution < -0.4 is 4.83 Å². The summed E-state index contributed by atoms with van der Waals surface area (Å²) < 4.78 is 62.7. The van der Waals surface area contributed by atoms with Crippen molar-refractivity contribution in [2.75, 3.05) is 0 Å². The Morgan fingerprint density at radius 2 is 1.71 bits per heavy atom. The second-order valence-electron chi connectivity index (χ2n) is 4.39. The molecule has 0 spiro atoms. The van der Waals surface area contributed by atoms with Crippen LogP contribution in [-0.4, -0.2) is 19.6 Å². The number of benzene rings is 1. The number of pyridine rings is 1. The van der Waals surface area contributed by atoms with Gasteiger partial charge in [-0.1, -0.05) is 35.3 Å². The van der Waals surface area contributed by atoms with E-state index in [-0.39, 0.29) is 10.3 Å². The molecule has 128 valence electrons. The fraction of sp³-hybridized carbons (Fsp3) is 0.0769. The van der Waals surface area contributed by atoms with E-state index in [2.05, 4.69) is 10.1 Å². The van der Waals surface area contributed by atoms with Gasteiger partial charge in [-0.3, -0.25) is 0 Å². The molecule has 0 amide bonds. The number of rotatable bonds is 4. The molecule has 0 atom stereocenters. The van der Waals surface area contributed by atoms with Crippen LogP contribution in [0.2, 0.25) is 10.3 Å². The van der Waals surface area contributed by atoms with E-state index in [4.69, 9.17) is 23.2 Å². The highest BCUT2D eigenvalue weighted by molar-refractivity contribution is 7.89. The number of hydrazone groups is 1. The summed E-state index contributed by atoms with van der Waals surface area (Å²) in [5.74, 6) is 0. The van der Waals surface area contributed by atoms with Crippen LogP contribution in [0.1, 0.15) is 11.1 Å². The summed E-state index contributed by atoms with van der Waals surface area (Å²) in [4.78, 5) is 4.46. The van der Waals surface area contributed by atoms with Gasteiger partial charge in [0.1, 0.15) is 15.2 Å². The summed E-state index contributed by atoms with van der Waals surface area (Å²) in [6.45, 7) is 0. The van der Waals surface area contributed by atoms with E-state index in [0.29, 0.717) is 11.6 Å². The van der Waals surface area contributed by atoms with Crippen molar-refractivity contribution in [2.45, 2.75) is 11.1 Å². The molecule has 0 saturated carbocycles. The lowest BCUT2D eigenvalue weighted by Gasteiger charge is -2.12. The van der Waals surface area contributed by atoms with Crippen LogP contribution in [0.3, 0.4) is 0 Å². The monoisotopic (exact) mass is 397 g/mol. The Bertz CT molecular complexity index is 866. The van der Waals surface area contributed by atoms with Gasteiger partial charge in [-0.25, -0.2) is 9.82 Å². The highest BCUT2D eigenvalue weighted by Gasteiger charge is 2.36. The molecule has 5 nitrogen and oxygen atoms in total. The highest BCUT2D eigenvalue weighted by Crippen LogP contribution is 2.33. The van der Waals surface area contributed by atoms with Crippen LogP contribution in [0.15, 0.2) is 46.4 Å². The van der Waals surface area contributed by atoms with E-state index >= 15 is 0 Å². The quantitative estimate of drug-likeness (QED) is 0.485. The largest absolute Gasteiger partial charge is 0.417 e. The maximum absolute atomic E-state index is 12.9. The molecule has 24 heavy (non-hydrogen) atoms. The molecule has 0 aliphatic rings. The predicted octanol–water partition coefficient (Wildman–Crippen LogP) is 3.72. The molecular formula is C13H8Cl2F3N3O2S. The topological polar surface area (TPSA) is 71.4 Å². The van der Waals surface area contributed by atoms with Gasteiger partial charge in [0.25, 0.3) is 10.0 Å². The van der Waals surface area contributed by atoms with Gasteiger partial charge in [-0.05, 0) is 24.3 Å². The average molecular weight is 398 g/mol. The third kappa shape index (κ3) is 4.59. The van der Waals surface area contributed by atoms with Crippen LogP contribution in [0.25, 0.3) is 0 Å². The van der Waals surface area contributed by atoms with Gasteiger partial charge in [0.05, 0.1) is 11.8 Å². The lowest BCUT2D eigenvalue weighted by Crippen LogP contribution is -2.22. The van der Waals surface area contributed by atoms with Crippen molar-refractivity contribution in [3.8, 4) is 0 Å². The molecule has 2 rings (SSSR count). The number of alkyl halides is 3. The van der Waals surface area contributed by atoms with Crippen molar-refractivity contribution in [3.05, 3.63) is 57.8 Å². The van der Waals surface area contributed by atoms with E-state index in [1.165, 1.54) is 18.2 Å². The molecule has 1 N–H and O–H groups in total. The van der Waals surface area contributed by atoms with E-state index < -0.39 is 26.7 Å². The third-order valence-electron chi connectivity index (χ3n) is 2.65. The molecule has 2 aromatic rings. The van der Waals surface area contributed by atoms with Crippen molar-refractivity contribution in [3.63, 3.8) is 0 Å². The Morgan fingerprint density at radius 3 is 2.29 bits per heavy atom. The van der Waals surface area contributed by atoms with Crippen LogP contribution in [0, 0.1) is 0 Å². The zero-order valence-electron chi connectivity index (χ0n) is 11.6. The number of sulfonamides is 1. The van der Waals surface area contributed by atoms with Crippen LogP contribution in [0.5, 0.6) is 0 Å². The fourth-order valence-electron chi connectivity index (χ4n) is 1.71. The van der Waals surface area contributed by atoms with Crippen molar-refractivity contribution in [1.82, 2.24) is 9.82 Å². The van der Waals surface area contributed by atoms with Crippen LogP contribution in [-0.2, 0) is 16.2 Å². The number of nitrogens with one attached hydrogen (secondary N) is 1. The lowest BCUT2D eigenvalue weighted by atomic mass is 10.2. The van der Waals surface area contributed by atoms with E-state index in [0.717, 1.165) is 18.3 Å². The average Bonchev–Trinajstić information content (AvgIpc) is 2.45. The summed E-state index contributed by atoms with van der Waals surface area (Å²) in [5.41, 5.74) is -0.977. The minimum absolute atomic E-state index is 0.0502. The van der Waals surface area contributed by atoms with Gasteiger partial charge in [0, 0.05) is 5.56 Å². The van der Waals surface area contributed by atoms with Crippen molar-refractivity contribution >= 4 is 39.4 Å². The maximum atomic E-state index is 12.9. The Hall–Kier alpha value is -1.84. The Balaban J connectivity index is 2.28. The first kappa shape index (κ1) is 18.5. The lowest BCUT2D eigenvalue weighted by molar-refractivity contribution is -0.139. The molecule has 0 saturated heterocycles. The summed E-state index contributed by atoms with van der Waals surface area (Å²) in [5, 5.41) is 3.52. The van der Waals surface area contributed by atoms with Gasteiger partial charge >= 0.3 is 6.18 Å². The molecule has 11 heteroatoms. The van der Waals surface area contributed by atoms with Crippen molar-refractivity contribution < 1.29 is 21.6 Å². The summed E-state index contributed by atoms with van der Waals surface area (Å²) in [6, 6.07) is 6.45. The van der Waals surface area contributed by atoms with Crippen LogP contribution >= 0.6 is 23.2 Å². The van der Waals surface area contributed by atoms with Crippen LogP contribution in [0.4, 0.5) is 13.2 Å². The second kappa shape index (κ2) is 6.96. The Morgan fingerprint density at radius 1 is 1.12 bits per heavy atom. The first-order valence-electron chi connectivity index (χ1n) is 6.14. The molecule has 0 aliphatic heterocycles. The first-order chi connectivity index (χ1) is 11.1. The molecule has 1 heterocycles. The minimum Gasteiger partial charge on any atom is -0.224 e. The fourth-order valence-corrected chi connectivity index (χ4v) is 3.21. The number of halogens is 5. The van der Waals surface area contributed by atoms with E-state index in [1.54, 1.807) is 4.83 Å². The molecule has 0 fully saturated rings. The molecular weight excluding hydrogens is 390 g/mol. The maximum Gasteiger partial charge on any atom is 0.417 e. The smallest absolute Gasteiger partial charge is 0.224 e. The van der Waals surface area contributed by atoms with Gasteiger partial charge in [0.2, 0.25) is 0 Å². The SMILES string of the molecule is O=S(=O)(N/N=C\c1cc(Cl)nc(Cl)c1)c1ccccc1C(F)(F)F. The van der Waals surface area contributed by atoms with Crippen molar-refractivity contribution in [1.29, 1.82) is 0 Å². The second-order valence-corrected chi connectivity index (χ2v) is 6.80. The number of nitrogens with zero attached hydrogens (tertiary/aromatic N) is 2. The zero-order chi connectivity index (χ0) is 18.0. The first-order valence-corrected chi connectivity index (χ1v) is 8.38. The molecule has 0 bridgehead atoms.